The predicted octanol–water partition coefficient (Wildman–Crippen LogP) is 3.50. The number of benzene rings is 2. The van der Waals surface area contributed by atoms with Crippen LogP contribution in [0, 0.1) is 0 Å². The second kappa shape index (κ2) is 7.49. The van der Waals surface area contributed by atoms with Crippen LogP contribution in [0.3, 0.4) is 0 Å². The molecule has 3 aromatic rings. The molecule has 0 bridgehead atoms. The van der Waals surface area contributed by atoms with Crippen molar-refractivity contribution < 1.29 is 28.1 Å². The lowest BCUT2D eigenvalue weighted by Crippen LogP contribution is -2.09. The molecular formula is C20H20O7. The number of ether oxygens (including phenoxy) is 5. The molecule has 1 aromatic heterocycles. The molecule has 1 heterocycles. The molecule has 0 aliphatic heterocycles. The SMILES string of the molecule is COc1ccc(-c2oc3cc(OC)cc(OC)c3c(=O)c2OC)c(OC)c1. The minimum atomic E-state index is -0.355. The van der Waals surface area contributed by atoms with Crippen LogP contribution in [0.2, 0.25) is 0 Å². The molecule has 0 saturated carbocycles. The lowest BCUT2D eigenvalue weighted by Gasteiger charge is -2.14. The van der Waals surface area contributed by atoms with Crippen LogP contribution in [0.4, 0.5) is 0 Å². The highest BCUT2D eigenvalue weighted by Crippen LogP contribution is 2.40. The normalized spacial score (nSPS) is 10.6. The molecule has 27 heavy (non-hydrogen) atoms. The van der Waals surface area contributed by atoms with Crippen molar-refractivity contribution in [3.05, 3.63) is 40.6 Å². The summed E-state index contributed by atoms with van der Waals surface area (Å²) in [4.78, 5) is 13.1. The Morgan fingerprint density at radius 1 is 0.741 bits per heavy atom. The number of rotatable bonds is 6. The Morgan fingerprint density at radius 3 is 2.00 bits per heavy atom. The summed E-state index contributed by atoms with van der Waals surface area (Å²) in [7, 11) is 7.49. The Kier molecular flexibility index (Phi) is 5.12. The largest absolute Gasteiger partial charge is 0.497 e. The third-order valence-electron chi connectivity index (χ3n) is 4.20. The summed E-state index contributed by atoms with van der Waals surface area (Å²) in [6.45, 7) is 0. The second-order valence-corrected chi connectivity index (χ2v) is 5.56. The maximum atomic E-state index is 13.1. The molecule has 0 aliphatic carbocycles. The van der Waals surface area contributed by atoms with Gasteiger partial charge in [0.2, 0.25) is 11.2 Å². The van der Waals surface area contributed by atoms with Gasteiger partial charge in [0, 0.05) is 18.2 Å². The molecule has 0 N–H and O–H groups in total. The summed E-state index contributed by atoms with van der Waals surface area (Å²) in [6, 6.07) is 8.42. The Balaban J connectivity index is 2.39. The fraction of sp³-hybridized carbons (Fsp3) is 0.250. The van der Waals surface area contributed by atoms with Crippen LogP contribution in [0.1, 0.15) is 0 Å². The van der Waals surface area contributed by atoms with Crippen molar-refractivity contribution in [1.82, 2.24) is 0 Å². The zero-order valence-electron chi connectivity index (χ0n) is 15.7. The van der Waals surface area contributed by atoms with E-state index in [2.05, 4.69) is 0 Å². The molecule has 0 fully saturated rings. The van der Waals surface area contributed by atoms with E-state index in [1.807, 2.05) is 0 Å². The fourth-order valence-electron chi connectivity index (χ4n) is 2.87. The van der Waals surface area contributed by atoms with Crippen LogP contribution in [0.15, 0.2) is 39.5 Å². The standard InChI is InChI=1S/C20H20O7/c1-22-11-6-7-13(14(8-11)24-3)19-20(26-5)18(21)17-15(25-4)9-12(23-2)10-16(17)27-19/h6-10H,1-5H3. The quantitative estimate of drug-likeness (QED) is 0.655. The number of hydrogen-bond acceptors (Lipinski definition) is 7. The van der Waals surface area contributed by atoms with Gasteiger partial charge in [-0.3, -0.25) is 4.79 Å². The van der Waals surface area contributed by atoms with Crippen molar-refractivity contribution in [2.45, 2.75) is 0 Å². The van der Waals surface area contributed by atoms with Gasteiger partial charge in [0.15, 0.2) is 5.76 Å². The molecule has 0 unspecified atom stereocenters. The highest BCUT2D eigenvalue weighted by Gasteiger charge is 2.23. The van der Waals surface area contributed by atoms with E-state index in [0.29, 0.717) is 34.1 Å². The summed E-state index contributed by atoms with van der Waals surface area (Å²) in [5.41, 5.74) is 0.506. The van der Waals surface area contributed by atoms with Gasteiger partial charge in [0.1, 0.15) is 34.0 Å². The summed E-state index contributed by atoms with van der Waals surface area (Å²) < 4.78 is 32.7. The third kappa shape index (κ3) is 3.12. The number of fused-ring (bicyclic) bond motifs is 1. The molecule has 3 rings (SSSR count). The average molecular weight is 372 g/mol. The predicted molar refractivity (Wildman–Crippen MR) is 101 cm³/mol. The van der Waals surface area contributed by atoms with Gasteiger partial charge in [-0.15, -0.1) is 0 Å². The van der Waals surface area contributed by atoms with Gasteiger partial charge in [0.05, 0.1) is 41.1 Å². The van der Waals surface area contributed by atoms with Gasteiger partial charge < -0.3 is 28.1 Å². The maximum absolute atomic E-state index is 13.1. The highest BCUT2D eigenvalue weighted by molar-refractivity contribution is 5.89. The summed E-state index contributed by atoms with van der Waals surface area (Å²) in [5.74, 6) is 2.22. The molecule has 0 atom stereocenters. The van der Waals surface area contributed by atoms with E-state index in [0.717, 1.165) is 0 Å². The Bertz CT molecular complexity index is 1040. The fourth-order valence-corrected chi connectivity index (χ4v) is 2.87. The van der Waals surface area contributed by atoms with E-state index in [-0.39, 0.29) is 22.3 Å². The maximum Gasteiger partial charge on any atom is 0.239 e. The van der Waals surface area contributed by atoms with Gasteiger partial charge >= 0.3 is 0 Å². The average Bonchev–Trinajstić information content (AvgIpc) is 2.71. The van der Waals surface area contributed by atoms with Crippen molar-refractivity contribution in [2.75, 3.05) is 35.5 Å². The van der Waals surface area contributed by atoms with Crippen LogP contribution >= 0.6 is 0 Å². The molecule has 7 heteroatoms. The molecular weight excluding hydrogens is 352 g/mol. The van der Waals surface area contributed by atoms with Crippen molar-refractivity contribution in [3.63, 3.8) is 0 Å². The molecule has 2 aromatic carbocycles. The van der Waals surface area contributed by atoms with Crippen molar-refractivity contribution in [1.29, 1.82) is 0 Å². The van der Waals surface area contributed by atoms with Crippen LogP contribution < -0.4 is 29.1 Å². The van der Waals surface area contributed by atoms with E-state index >= 15 is 0 Å². The number of hydrogen-bond donors (Lipinski definition) is 0. The van der Waals surface area contributed by atoms with E-state index in [9.17, 15) is 4.79 Å². The first-order valence-electron chi connectivity index (χ1n) is 8.07. The monoisotopic (exact) mass is 372 g/mol. The summed E-state index contributed by atoms with van der Waals surface area (Å²) >= 11 is 0. The minimum Gasteiger partial charge on any atom is -0.497 e. The van der Waals surface area contributed by atoms with Crippen LogP contribution in [-0.4, -0.2) is 35.5 Å². The molecule has 0 saturated heterocycles. The van der Waals surface area contributed by atoms with Gasteiger partial charge in [-0.25, -0.2) is 0 Å². The molecule has 7 nitrogen and oxygen atoms in total. The first-order chi connectivity index (χ1) is 13.1. The first-order valence-corrected chi connectivity index (χ1v) is 8.07. The highest BCUT2D eigenvalue weighted by atomic mass is 16.5. The minimum absolute atomic E-state index is 0.0504. The van der Waals surface area contributed by atoms with E-state index in [1.54, 1.807) is 37.4 Å². The zero-order valence-corrected chi connectivity index (χ0v) is 15.7. The molecule has 0 spiro atoms. The lowest BCUT2D eigenvalue weighted by atomic mass is 10.1. The van der Waals surface area contributed by atoms with E-state index < -0.39 is 0 Å². The smallest absolute Gasteiger partial charge is 0.239 e. The second-order valence-electron chi connectivity index (χ2n) is 5.56. The van der Waals surface area contributed by atoms with Crippen molar-refractivity contribution in [3.8, 4) is 40.1 Å². The zero-order chi connectivity index (χ0) is 19.6. The molecule has 0 amide bonds. The van der Waals surface area contributed by atoms with E-state index in [4.69, 9.17) is 28.1 Å². The summed E-state index contributed by atoms with van der Waals surface area (Å²) in [5, 5.41) is 0.270. The summed E-state index contributed by atoms with van der Waals surface area (Å²) in [6.07, 6.45) is 0. The van der Waals surface area contributed by atoms with Gasteiger partial charge in [-0.1, -0.05) is 0 Å². The van der Waals surface area contributed by atoms with Crippen LogP contribution in [-0.2, 0) is 0 Å². The lowest BCUT2D eigenvalue weighted by molar-refractivity contribution is 0.384. The molecule has 0 radical (unpaired) electrons. The Labute approximate surface area is 156 Å². The molecule has 0 aliphatic rings. The first kappa shape index (κ1) is 18.4. The van der Waals surface area contributed by atoms with E-state index in [1.165, 1.54) is 28.4 Å². The topological polar surface area (TPSA) is 76.4 Å². The van der Waals surface area contributed by atoms with Crippen LogP contribution in [0.5, 0.6) is 28.7 Å². The third-order valence-corrected chi connectivity index (χ3v) is 4.20. The van der Waals surface area contributed by atoms with Gasteiger partial charge in [-0.2, -0.15) is 0 Å². The van der Waals surface area contributed by atoms with Gasteiger partial charge in [-0.05, 0) is 12.1 Å². The van der Waals surface area contributed by atoms with Crippen molar-refractivity contribution >= 4 is 11.0 Å². The Morgan fingerprint density at radius 2 is 1.41 bits per heavy atom. The molecule has 142 valence electrons. The van der Waals surface area contributed by atoms with Crippen LogP contribution in [0.25, 0.3) is 22.3 Å². The Hall–Kier alpha value is -3.35. The van der Waals surface area contributed by atoms with Gasteiger partial charge in [0.25, 0.3) is 0 Å². The van der Waals surface area contributed by atoms with Crippen molar-refractivity contribution in [2.24, 2.45) is 0 Å². The number of methoxy groups -OCH3 is 5.